The number of aliphatic hydroxyl groups is 3. The van der Waals surface area contributed by atoms with Gasteiger partial charge in [0.1, 0.15) is 22.8 Å². The number of Topliss-reactive ketones (excluding diaryl/α,β-unsaturated/α-hetero) is 2. The fourth-order valence-electron chi connectivity index (χ4n) is 7.05. The molecule has 0 radical (unpaired) electrons. The summed E-state index contributed by atoms with van der Waals surface area (Å²) in [6.45, 7) is 0.593. The second kappa shape index (κ2) is 10.5. The maximum Gasteiger partial charge on any atom is 0.573 e. The van der Waals surface area contributed by atoms with E-state index in [1.165, 1.54) is 19.0 Å². The van der Waals surface area contributed by atoms with Gasteiger partial charge in [0.2, 0.25) is 11.7 Å². The molecule has 5 rings (SSSR count). The molecule has 0 spiro atoms. The van der Waals surface area contributed by atoms with Crippen molar-refractivity contribution in [2.24, 2.45) is 17.6 Å². The molecule has 0 bridgehead atoms. The first-order chi connectivity index (χ1) is 20.4. The van der Waals surface area contributed by atoms with Crippen LogP contribution in [0.4, 0.5) is 18.9 Å². The van der Waals surface area contributed by atoms with Gasteiger partial charge in [-0.05, 0) is 59.3 Å². The van der Waals surface area contributed by atoms with Crippen LogP contribution in [-0.2, 0) is 25.6 Å². The number of carbonyl (C=O) groups excluding carboxylic acids is 4. The number of nitrogens with zero attached hydrogens (tertiary/aromatic N) is 2. The van der Waals surface area contributed by atoms with Crippen molar-refractivity contribution in [3.63, 3.8) is 0 Å². The van der Waals surface area contributed by atoms with Crippen molar-refractivity contribution in [3.8, 4) is 11.5 Å². The lowest BCUT2D eigenvalue weighted by atomic mass is 9.57. The highest BCUT2D eigenvalue weighted by Crippen LogP contribution is 2.55. The first-order valence-corrected chi connectivity index (χ1v) is 13.7. The summed E-state index contributed by atoms with van der Waals surface area (Å²) in [6, 6.07) is -1.24. The summed E-state index contributed by atoms with van der Waals surface area (Å²) >= 11 is 0. The molecule has 5 atom stereocenters. The molecular formula is C28H31F3N4O9. The van der Waals surface area contributed by atoms with Gasteiger partial charge in [-0.2, -0.15) is 0 Å². The Balaban J connectivity index is 1.69. The molecule has 238 valence electrons. The summed E-state index contributed by atoms with van der Waals surface area (Å²) in [5, 5.41) is 47.6. The minimum Gasteiger partial charge on any atom is -0.508 e. The van der Waals surface area contributed by atoms with Gasteiger partial charge in [-0.3, -0.25) is 29.0 Å². The molecule has 2 fully saturated rings. The van der Waals surface area contributed by atoms with E-state index in [1.54, 1.807) is 11.9 Å². The number of ether oxygens (including phenoxy) is 1. The number of amides is 2. The number of ketones is 2. The number of carbonyl (C=O) groups is 4. The third-order valence-corrected chi connectivity index (χ3v) is 8.99. The number of halogens is 3. The average Bonchev–Trinajstić information content (AvgIpc) is 3.33. The maximum absolute atomic E-state index is 14.0. The highest BCUT2D eigenvalue weighted by molar-refractivity contribution is 6.24. The molecule has 44 heavy (non-hydrogen) atoms. The number of likely N-dealkylation sites (N-methyl/N-ethyl adjacent to an activating group) is 2. The number of rotatable bonds is 5. The topological polar surface area (TPSA) is 203 Å². The average molecular weight is 625 g/mol. The van der Waals surface area contributed by atoms with Crippen LogP contribution in [-0.4, -0.2) is 105 Å². The number of benzene rings is 1. The number of likely N-dealkylation sites (tertiary alicyclic amines) is 1. The normalized spacial score (nSPS) is 29.0. The number of hydrogen-bond donors (Lipinski definition) is 6. The first kappa shape index (κ1) is 31.3. The van der Waals surface area contributed by atoms with E-state index < -0.39 is 111 Å². The van der Waals surface area contributed by atoms with E-state index in [-0.39, 0.29) is 12.0 Å². The van der Waals surface area contributed by atoms with E-state index in [9.17, 15) is 52.8 Å². The number of aliphatic hydroxyl groups excluding tert-OH is 2. The van der Waals surface area contributed by atoms with E-state index in [0.29, 0.717) is 19.4 Å². The van der Waals surface area contributed by atoms with Crippen LogP contribution in [0.3, 0.4) is 0 Å². The fraction of sp³-hybridized carbons (Fsp3) is 0.500. The van der Waals surface area contributed by atoms with Gasteiger partial charge in [-0.25, -0.2) is 0 Å². The quantitative estimate of drug-likeness (QED) is 0.201. The number of phenols is 1. The first-order valence-electron chi connectivity index (χ1n) is 13.7. The summed E-state index contributed by atoms with van der Waals surface area (Å²) in [6.07, 6.45) is -4.86. The highest BCUT2D eigenvalue weighted by atomic mass is 19.4. The lowest BCUT2D eigenvalue weighted by molar-refractivity contribution is -0.275. The van der Waals surface area contributed by atoms with Crippen LogP contribution >= 0.6 is 0 Å². The third kappa shape index (κ3) is 4.68. The minimum absolute atomic E-state index is 0.329. The van der Waals surface area contributed by atoms with Crippen LogP contribution in [0.1, 0.15) is 30.4 Å². The predicted molar refractivity (Wildman–Crippen MR) is 145 cm³/mol. The molecule has 13 nitrogen and oxygen atoms in total. The van der Waals surface area contributed by atoms with Gasteiger partial charge in [0.25, 0.3) is 5.91 Å². The zero-order valence-corrected chi connectivity index (χ0v) is 23.9. The van der Waals surface area contributed by atoms with Crippen molar-refractivity contribution < 1.29 is 57.5 Å². The summed E-state index contributed by atoms with van der Waals surface area (Å²) in [4.78, 5) is 55.2. The van der Waals surface area contributed by atoms with Crippen molar-refractivity contribution in [1.29, 1.82) is 0 Å². The number of hydrogen-bond acceptors (Lipinski definition) is 11. The summed E-state index contributed by atoms with van der Waals surface area (Å²) in [7, 11) is 4.51. The molecule has 4 aliphatic rings. The lowest BCUT2D eigenvalue weighted by Crippen LogP contribution is -2.65. The van der Waals surface area contributed by atoms with E-state index >= 15 is 0 Å². The van der Waals surface area contributed by atoms with Crippen LogP contribution in [0, 0.1) is 11.8 Å². The molecule has 0 aromatic heterocycles. The Morgan fingerprint density at radius 1 is 1.20 bits per heavy atom. The molecular weight excluding hydrogens is 593 g/mol. The number of primary amides is 1. The summed E-state index contributed by atoms with van der Waals surface area (Å²) in [5.74, 6) is -10.9. The van der Waals surface area contributed by atoms with Crippen molar-refractivity contribution in [2.75, 3.05) is 33.0 Å². The molecule has 7 N–H and O–H groups in total. The monoisotopic (exact) mass is 624 g/mol. The standard InChI is InChI=1S/C28H31F3N4O9/c1-34(2)19-12-8-10-7-11-15(44-28(29,30)31)9-13(33-26(42)14-5-4-6-35(14)3)20(36)17(11)21(37)16(10)23(39)27(12,43)24(40)18(22(19)38)25(32)41/h9-10,12,14,19,36-37,40,43H,4-8H2,1-3H3,(H2,32,41)(H,33,42)/t10-,12-,14-,19-,27-/m0/s1. The Morgan fingerprint density at radius 2 is 1.86 bits per heavy atom. The molecule has 3 aliphatic carbocycles. The van der Waals surface area contributed by atoms with E-state index in [2.05, 4.69) is 10.1 Å². The van der Waals surface area contributed by atoms with Crippen molar-refractivity contribution >= 4 is 34.8 Å². The summed E-state index contributed by atoms with van der Waals surface area (Å²) in [5.41, 5.74) is -0.729. The Bertz CT molecular complexity index is 1550. The maximum atomic E-state index is 14.0. The molecule has 1 saturated heterocycles. The van der Waals surface area contributed by atoms with Gasteiger partial charge in [0.15, 0.2) is 17.1 Å². The van der Waals surface area contributed by atoms with Crippen LogP contribution in [0.2, 0.25) is 0 Å². The lowest BCUT2D eigenvalue weighted by Gasteiger charge is -2.50. The fourth-order valence-corrected chi connectivity index (χ4v) is 7.05. The molecule has 1 aliphatic heterocycles. The highest BCUT2D eigenvalue weighted by Gasteiger charge is 2.64. The van der Waals surface area contributed by atoms with Crippen molar-refractivity contribution in [2.45, 2.75) is 49.7 Å². The number of fused-ring (bicyclic) bond motifs is 3. The minimum atomic E-state index is -5.23. The van der Waals surface area contributed by atoms with E-state index in [0.717, 1.165) is 6.07 Å². The molecule has 2 amide bonds. The predicted octanol–water partition coefficient (Wildman–Crippen LogP) is 0.895. The van der Waals surface area contributed by atoms with Gasteiger partial charge in [0, 0.05) is 23.1 Å². The number of phenolic OH excluding ortho intramolecular Hbond substituents is 1. The SMILES string of the molecule is CN(C)[C@@H]1C(=O)C(C(N)=O)=C(O)[C@@]2(O)C(=O)C3=C(O)c4c(O)c(NC(=O)[C@@H]5CCCN5C)cc(OC(F)(F)F)c4C[C@H]3C[C@@H]12. The Hall–Kier alpha value is -4.15. The zero-order valence-electron chi connectivity index (χ0n) is 23.9. The molecule has 0 unspecified atom stereocenters. The molecule has 1 saturated carbocycles. The van der Waals surface area contributed by atoms with Crippen LogP contribution in [0.15, 0.2) is 23.0 Å². The number of anilines is 1. The van der Waals surface area contributed by atoms with E-state index in [4.69, 9.17) is 5.73 Å². The number of aromatic hydroxyl groups is 1. The van der Waals surface area contributed by atoms with Crippen LogP contribution in [0.5, 0.6) is 11.5 Å². The van der Waals surface area contributed by atoms with Crippen LogP contribution in [0.25, 0.3) is 5.76 Å². The Labute approximate surface area is 248 Å². The van der Waals surface area contributed by atoms with Crippen molar-refractivity contribution in [3.05, 3.63) is 34.1 Å². The third-order valence-electron chi connectivity index (χ3n) is 8.99. The second-order valence-corrected chi connectivity index (χ2v) is 11.8. The Morgan fingerprint density at radius 3 is 2.41 bits per heavy atom. The second-order valence-electron chi connectivity index (χ2n) is 11.8. The van der Waals surface area contributed by atoms with Gasteiger partial charge >= 0.3 is 6.36 Å². The van der Waals surface area contributed by atoms with Gasteiger partial charge in [0.05, 0.1) is 23.3 Å². The molecule has 1 aromatic rings. The number of nitrogens with two attached hydrogens (primary N) is 1. The molecule has 16 heteroatoms. The largest absolute Gasteiger partial charge is 0.573 e. The van der Waals surface area contributed by atoms with Crippen LogP contribution < -0.4 is 15.8 Å². The van der Waals surface area contributed by atoms with Gasteiger partial charge in [-0.1, -0.05) is 0 Å². The molecule has 1 aromatic carbocycles. The van der Waals surface area contributed by atoms with Gasteiger partial charge < -0.3 is 36.2 Å². The number of alkyl halides is 3. The van der Waals surface area contributed by atoms with E-state index in [1.807, 2.05) is 0 Å². The zero-order chi connectivity index (χ0) is 32.6. The Kier molecular flexibility index (Phi) is 7.46. The van der Waals surface area contributed by atoms with Crippen molar-refractivity contribution in [1.82, 2.24) is 9.80 Å². The van der Waals surface area contributed by atoms with Gasteiger partial charge in [-0.15, -0.1) is 13.2 Å². The molecule has 1 heterocycles. The number of nitrogens with one attached hydrogen (secondary N) is 1. The smallest absolute Gasteiger partial charge is 0.508 e. The summed E-state index contributed by atoms with van der Waals surface area (Å²) < 4.78 is 44.9.